The van der Waals surface area contributed by atoms with Crippen molar-refractivity contribution in [1.82, 2.24) is 4.98 Å². The van der Waals surface area contributed by atoms with Crippen molar-refractivity contribution >= 4 is 12.6 Å². The second kappa shape index (κ2) is 4.99. The normalized spacial score (nSPS) is 20.9. The van der Waals surface area contributed by atoms with Crippen molar-refractivity contribution in [2.75, 3.05) is 0 Å². The molecule has 7 heteroatoms. The predicted octanol–water partition coefficient (Wildman–Crippen LogP) is 2.96. The summed E-state index contributed by atoms with van der Waals surface area (Å²) in [6.45, 7) is 8.96. The van der Waals surface area contributed by atoms with Crippen LogP contribution in [-0.4, -0.2) is 23.3 Å². The zero-order valence-corrected chi connectivity index (χ0v) is 12.8. The van der Waals surface area contributed by atoms with E-state index < -0.39 is 30.2 Å². The molecule has 0 amide bonds. The van der Waals surface area contributed by atoms with Crippen molar-refractivity contribution in [2.45, 2.75) is 58.4 Å². The van der Waals surface area contributed by atoms with Crippen LogP contribution in [0.1, 0.15) is 46.0 Å². The van der Waals surface area contributed by atoms with Crippen molar-refractivity contribution in [2.24, 2.45) is 0 Å². The fourth-order valence-corrected chi connectivity index (χ4v) is 2.09. The highest BCUT2D eigenvalue weighted by atomic mass is 19.4. The van der Waals surface area contributed by atoms with Crippen LogP contribution < -0.4 is 5.46 Å². The lowest BCUT2D eigenvalue weighted by molar-refractivity contribution is -0.140. The van der Waals surface area contributed by atoms with Crippen molar-refractivity contribution < 1.29 is 22.5 Å². The van der Waals surface area contributed by atoms with Gasteiger partial charge in [0.1, 0.15) is 5.69 Å². The monoisotopic (exact) mass is 301 g/mol. The first-order chi connectivity index (χ1) is 9.48. The second-order valence-corrected chi connectivity index (χ2v) is 6.18. The van der Waals surface area contributed by atoms with E-state index in [4.69, 9.17) is 9.31 Å². The molecule has 0 saturated carbocycles. The summed E-state index contributed by atoms with van der Waals surface area (Å²) in [5.41, 5.74) is -1.99. The summed E-state index contributed by atoms with van der Waals surface area (Å²) in [6.07, 6.45) is -4.10. The lowest BCUT2D eigenvalue weighted by atomic mass is 9.77. The average Bonchev–Trinajstić information content (AvgIpc) is 2.56. The van der Waals surface area contributed by atoms with Crippen molar-refractivity contribution in [3.63, 3.8) is 0 Å². The number of rotatable bonds is 2. The van der Waals surface area contributed by atoms with Gasteiger partial charge in [-0.2, -0.15) is 13.2 Å². The van der Waals surface area contributed by atoms with Gasteiger partial charge in [0.15, 0.2) is 0 Å². The number of nitrogens with zero attached hydrogens (tertiary/aromatic N) is 1. The fourth-order valence-electron chi connectivity index (χ4n) is 2.09. The highest BCUT2D eigenvalue weighted by Gasteiger charge is 2.54. The number of pyridine rings is 1. The third-order valence-corrected chi connectivity index (χ3v) is 4.12. The van der Waals surface area contributed by atoms with Gasteiger partial charge >= 0.3 is 13.3 Å². The molecule has 1 aliphatic heterocycles. The predicted molar refractivity (Wildman–Crippen MR) is 74.3 cm³/mol. The maximum absolute atomic E-state index is 13.2. The Morgan fingerprint density at radius 2 is 1.62 bits per heavy atom. The Labute approximate surface area is 123 Å². The van der Waals surface area contributed by atoms with Crippen molar-refractivity contribution in [1.29, 1.82) is 0 Å². The molecule has 1 aliphatic rings. The van der Waals surface area contributed by atoms with E-state index in [2.05, 4.69) is 4.98 Å². The molecule has 21 heavy (non-hydrogen) atoms. The number of halogens is 3. The SMILES string of the molecule is CCc1ccc(B2OC(C)(C)C(C)(C)O2)c(C(F)(F)F)n1. The number of aryl methyl sites for hydroxylation is 1. The minimum atomic E-state index is -4.54. The highest BCUT2D eigenvalue weighted by molar-refractivity contribution is 6.62. The Balaban J connectivity index is 2.46. The van der Waals surface area contributed by atoms with E-state index in [9.17, 15) is 13.2 Å². The Bertz CT molecular complexity index is 528. The van der Waals surface area contributed by atoms with Gasteiger partial charge in [0, 0.05) is 11.2 Å². The molecule has 1 aromatic heterocycles. The molecule has 1 saturated heterocycles. The average molecular weight is 301 g/mol. The Hall–Kier alpha value is -1.08. The zero-order valence-electron chi connectivity index (χ0n) is 12.8. The van der Waals surface area contributed by atoms with Crippen molar-refractivity contribution in [3.05, 3.63) is 23.5 Å². The van der Waals surface area contributed by atoms with Crippen LogP contribution in [0.25, 0.3) is 0 Å². The molecule has 0 bridgehead atoms. The van der Waals surface area contributed by atoms with Crippen LogP contribution in [0.15, 0.2) is 12.1 Å². The van der Waals surface area contributed by atoms with Crippen LogP contribution in [0.2, 0.25) is 0 Å². The van der Waals surface area contributed by atoms with Gasteiger partial charge in [-0.05, 0) is 40.2 Å². The number of hydrogen-bond acceptors (Lipinski definition) is 3. The van der Waals surface area contributed by atoms with Gasteiger partial charge in [0.05, 0.1) is 11.2 Å². The second-order valence-electron chi connectivity index (χ2n) is 6.18. The minimum Gasteiger partial charge on any atom is -0.399 e. The van der Waals surface area contributed by atoms with Crippen LogP contribution in [-0.2, 0) is 21.9 Å². The van der Waals surface area contributed by atoms with Gasteiger partial charge in [-0.25, -0.2) is 4.98 Å². The third kappa shape index (κ3) is 2.94. The van der Waals surface area contributed by atoms with Gasteiger partial charge < -0.3 is 9.31 Å². The van der Waals surface area contributed by atoms with Gasteiger partial charge in [-0.15, -0.1) is 0 Å². The molecular formula is C14H19BF3NO2. The molecule has 0 aliphatic carbocycles. The summed E-state index contributed by atoms with van der Waals surface area (Å²) in [5.74, 6) is 0. The first-order valence-electron chi connectivity index (χ1n) is 6.90. The zero-order chi connectivity index (χ0) is 16.1. The van der Waals surface area contributed by atoms with E-state index in [0.717, 1.165) is 0 Å². The van der Waals surface area contributed by atoms with E-state index in [0.29, 0.717) is 12.1 Å². The van der Waals surface area contributed by atoms with Gasteiger partial charge in [0.2, 0.25) is 0 Å². The molecular weight excluding hydrogens is 282 g/mol. The van der Waals surface area contributed by atoms with Gasteiger partial charge in [0.25, 0.3) is 0 Å². The number of alkyl halides is 3. The molecule has 0 N–H and O–H groups in total. The molecule has 3 nitrogen and oxygen atoms in total. The molecule has 0 radical (unpaired) electrons. The molecule has 1 fully saturated rings. The quantitative estimate of drug-likeness (QED) is 0.787. The Morgan fingerprint density at radius 3 is 2.05 bits per heavy atom. The fraction of sp³-hybridized carbons (Fsp3) is 0.643. The molecule has 116 valence electrons. The summed E-state index contributed by atoms with van der Waals surface area (Å²) in [7, 11) is -1.06. The summed E-state index contributed by atoms with van der Waals surface area (Å²) in [4.78, 5) is 3.72. The van der Waals surface area contributed by atoms with Gasteiger partial charge in [-0.1, -0.05) is 13.0 Å². The van der Waals surface area contributed by atoms with Crippen molar-refractivity contribution in [3.8, 4) is 0 Å². The maximum Gasteiger partial charge on any atom is 0.497 e. The van der Waals surface area contributed by atoms with E-state index in [1.165, 1.54) is 6.07 Å². The number of aromatic nitrogens is 1. The molecule has 0 atom stereocenters. The van der Waals surface area contributed by atoms with E-state index in [1.807, 2.05) is 0 Å². The topological polar surface area (TPSA) is 31.4 Å². The molecule has 0 spiro atoms. The summed E-state index contributed by atoms with van der Waals surface area (Å²) >= 11 is 0. The summed E-state index contributed by atoms with van der Waals surface area (Å²) < 4.78 is 51.1. The highest BCUT2D eigenvalue weighted by Crippen LogP contribution is 2.37. The molecule has 0 aromatic carbocycles. The first-order valence-corrected chi connectivity index (χ1v) is 6.90. The maximum atomic E-state index is 13.2. The van der Waals surface area contributed by atoms with Crippen LogP contribution in [0, 0.1) is 0 Å². The molecule has 0 unspecified atom stereocenters. The number of hydrogen-bond donors (Lipinski definition) is 0. The Morgan fingerprint density at radius 1 is 1.10 bits per heavy atom. The summed E-state index contributed by atoms with van der Waals surface area (Å²) in [6, 6.07) is 2.98. The smallest absolute Gasteiger partial charge is 0.399 e. The van der Waals surface area contributed by atoms with Gasteiger partial charge in [-0.3, -0.25) is 0 Å². The van der Waals surface area contributed by atoms with E-state index in [1.54, 1.807) is 40.7 Å². The minimum absolute atomic E-state index is 0.0710. The van der Waals surface area contributed by atoms with Crippen LogP contribution in [0.5, 0.6) is 0 Å². The Kier molecular flexibility index (Phi) is 3.87. The van der Waals surface area contributed by atoms with Crippen LogP contribution in [0.4, 0.5) is 13.2 Å². The third-order valence-electron chi connectivity index (χ3n) is 4.12. The molecule has 1 aromatic rings. The van der Waals surface area contributed by atoms with E-state index >= 15 is 0 Å². The molecule has 2 rings (SSSR count). The van der Waals surface area contributed by atoms with Crippen LogP contribution >= 0.6 is 0 Å². The van der Waals surface area contributed by atoms with E-state index in [-0.39, 0.29) is 5.46 Å². The first kappa shape index (κ1) is 16.3. The lowest BCUT2D eigenvalue weighted by Crippen LogP contribution is -2.41. The lowest BCUT2D eigenvalue weighted by Gasteiger charge is -2.32. The summed E-state index contributed by atoms with van der Waals surface area (Å²) in [5, 5.41) is 0. The standard InChI is InChI=1S/C14H19BF3NO2/c1-6-9-7-8-10(11(19-9)14(16,17)18)15-20-12(2,3)13(4,5)21-15/h7-8H,6H2,1-5H3. The molecule has 2 heterocycles. The largest absolute Gasteiger partial charge is 0.497 e. The van der Waals surface area contributed by atoms with Crippen LogP contribution in [0.3, 0.4) is 0 Å².